The van der Waals surface area contributed by atoms with E-state index < -0.39 is 5.91 Å². The zero-order valence-corrected chi connectivity index (χ0v) is 11.9. The van der Waals surface area contributed by atoms with Gasteiger partial charge >= 0.3 is 0 Å². The maximum atomic E-state index is 11.1. The van der Waals surface area contributed by atoms with Crippen LogP contribution in [0.1, 0.15) is 15.9 Å². The lowest BCUT2D eigenvalue weighted by Gasteiger charge is -2.08. The number of primary amides is 1. The summed E-state index contributed by atoms with van der Waals surface area (Å²) >= 11 is 3.31. The first-order valence-corrected chi connectivity index (χ1v) is 6.38. The fourth-order valence-electron chi connectivity index (χ4n) is 1.65. The van der Waals surface area contributed by atoms with Crippen molar-refractivity contribution in [2.45, 2.75) is 6.54 Å². The van der Waals surface area contributed by atoms with Gasteiger partial charge in [-0.25, -0.2) is 0 Å². The Labute approximate surface area is 118 Å². The average molecular weight is 324 g/mol. The Bertz CT molecular complexity index is 623. The third-order valence-electron chi connectivity index (χ3n) is 2.78. The highest BCUT2D eigenvalue weighted by atomic mass is 79.9. The number of hydrogen-bond donors (Lipinski definition) is 3. The third kappa shape index (κ3) is 2.87. The quantitative estimate of drug-likeness (QED) is 0.793. The maximum absolute atomic E-state index is 11.1. The number of nitrogens with zero attached hydrogens (tertiary/aromatic N) is 2. The highest BCUT2D eigenvalue weighted by Gasteiger charge is 2.08. The first-order valence-electron chi connectivity index (χ1n) is 5.58. The lowest BCUT2D eigenvalue weighted by atomic mass is 10.2. The summed E-state index contributed by atoms with van der Waals surface area (Å²) in [6, 6.07) is 5.26. The molecule has 2 aromatic rings. The number of aromatic nitrogens is 2. The van der Waals surface area contributed by atoms with Gasteiger partial charge in [-0.2, -0.15) is 5.10 Å². The van der Waals surface area contributed by atoms with E-state index in [-0.39, 0.29) is 0 Å². The van der Waals surface area contributed by atoms with Gasteiger partial charge in [0.15, 0.2) is 0 Å². The largest absolute Gasteiger partial charge is 0.384 e. The van der Waals surface area contributed by atoms with Crippen molar-refractivity contribution >= 4 is 33.3 Å². The third-order valence-corrected chi connectivity index (χ3v) is 3.44. The van der Waals surface area contributed by atoms with E-state index in [0.29, 0.717) is 22.4 Å². The normalized spacial score (nSPS) is 10.4. The number of nitrogens with two attached hydrogens (primary N) is 2. The van der Waals surface area contributed by atoms with Gasteiger partial charge in [0.1, 0.15) is 5.82 Å². The molecule has 0 fully saturated rings. The molecule has 0 unspecified atom stereocenters. The van der Waals surface area contributed by atoms with Crippen LogP contribution < -0.4 is 16.8 Å². The summed E-state index contributed by atoms with van der Waals surface area (Å²) in [6.07, 6.45) is 1.72. The molecule has 0 bridgehead atoms. The molecule has 7 heteroatoms. The van der Waals surface area contributed by atoms with Crippen LogP contribution in [0.4, 0.5) is 11.5 Å². The van der Waals surface area contributed by atoms with Gasteiger partial charge in [-0.1, -0.05) is 0 Å². The standard InChI is InChI=1S/C12H14BrN5O/c1-18-11(14)7(6-17-18)5-16-8-2-3-9(12(15)19)10(13)4-8/h2-4,6,16H,5,14H2,1H3,(H2,15,19). The number of anilines is 2. The number of aryl methyl sites for hydroxylation is 1. The zero-order valence-electron chi connectivity index (χ0n) is 10.4. The molecule has 0 saturated heterocycles. The molecule has 0 spiro atoms. The van der Waals surface area contributed by atoms with Crippen LogP contribution in [0.3, 0.4) is 0 Å². The predicted octanol–water partition coefficient (Wildman–Crippen LogP) is 1.48. The van der Waals surface area contributed by atoms with Crippen molar-refractivity contribution in [1.29, 1.82) is 0 Å². The van der Waals surface area contributed by atoms with Crippen molar-refractivity contribution in [3.05, 3.63) is 40.0 Å². The Hall–Kier alpha value is -2.02. The molecule has 2 rings (SSSR count). The van der Waals surface area contributed by atoms with Crippen molar-refractivity contribution in [2.24, 2.45) is 12.8 Å². The van der Waals surface area contributed by atoms with Crippen LogP contribution in [-0.4, -0.2) is 15.7 Å². The number of amides is 1. The Kier molecular flexibility index (Phi) is 3.75. The van der Waals surface area contributed by atoms with Gasteiger partial charge in [-0.05, 0) is 34.1 Å². The Balaban J connectivity index is 2.10. The second kappa shape index (κ2) is 5.31. The van der Waals surface area contributed by atoms with Gasteiger partial charge in [-0.15, -0.1) is 0 Å². The molecule has 0 aliphatic heterocycles. The fraction of sp³-hybridized carbons (Fsp3) is 0.167. The molecule has 1 aromatic heterocycles. The van der Waals surface area contributed by atoms with Crippen molar-refractivity contribution in [3.63, 3.8) is 0 Å². The number of rotatable bonds is 4. The lowest BCUT2D eigenvalue weighted by molar-refractivity contribution is 0.0999. The second-order valence-electron chi connectivity index (χ2n) is 4.09. The summed E-state index contributed by atoms with van der Waals surface area (Å²) in [6.45, 7) is 0.558. The Morgan fingerprint density at radius 3 is 2.79 bits per heavy atom. The summed E-state index contributed by atoms with van der Waals surface area (Å²) in [5, 5.41) is 7.27. The van der Waals surface area contributed by atoms with Gasteiger partial charge in [0.2, 0.25) is 5.91 Å². The van der Waals surface area contributed by atoms with Crippen LogP contribution in [0.25, 0.3) is 0 Å². The summed E-state index contributed by atoms with van der Waals surface area (Å²) in [7, 11) is 1.79. The number of nitrogen functional groups attached to an aromatic ring is 1. The SMILES string of the molecule is Cn1ncc(CNc2ccc(C(N)=O)c(Br)c2)c1N. The number of halogens is 1. The molecule has 1 aromatic carbocycles. The number of benzene rings is 1. The smallest absolute Gasteiger partial charge is 0.249 e. The maximum Gasteiger partial charge on any atom is 0.249 e. The van der Waals surface area contributed by atoms with E-state index in [9.17, 15) is 4.79 Å². The molecule has 19 heavy (non-hydrogen) atoms. The predicted molar refractivity (Wildman–Crippen MR) is 77.6 cm³/mol. The van der Waals surface area contributed by atoms with Gasteiger partial charge in [0.05, 0.1) is 11.8 Å². The van der Waals surface area contributed by atoms with Crippen molar-refractivity contribution in [3.8, 4) is 0 Å². The molecule has 0 aliphatic carbocycles. The number of carbonyl (C=O) groups is 1. The Morgan fingerprint density at radius 1 is 1.53 bits per heavy atom. The molecule has 1 heterocycles. The van der Waals surface area contributed by atoms with Crippen LogP contribution in [-0.2, 0) is 13.6 Å². The molecule has 0 aliphatic rings. The zero-order chi connectivity index (χ0) is 14.0. The van der Waals surface area contributed by atoms with E-state index in [1.807, 2.05) is 0 Å². The van der Waals surface area contributed by atoms with Crippen molar-refractivity contribution < 1.29 is 4.79 Å². The van der Waals surface area contributed by atoms with Crippen LogP contribution in [0, 0.1) is 0 Å². The van der Waals surface area contributed by atoms with E-state index in [2.05, 4.69) is 26.3 Å². The topological polar surface area (TPSA) is 99.0 Å². The molecule has 0 radical (unpaired) electrons. The van der Waals surface area contributed by atoms with Crippen LogP contribution in [0.15, 0.2) is 28.9 Å². The summed E-state index contributed by atoms with van der Waals surface area (Å²) < 4.78 is 2.27. The lowest BCUT2D eigenvalue weighted by Crippen LogP contribution is -2.12. The highest BCUT2D eigenvalue weighted by Crippen LogP contribution is 2.22. The van der Waals surface area contributed by atoms with Gasteiger partial charge in [0.25, 0.3) is 0 Å². The van der Waals surface area contributed by atoms with Crippen LogP contribution in [0.5, 0.6) is 0 Å². The molecule has 1 amide bonds. The van der Waals surface area contributed by atoms with Crippen LogP contribution in [0.2, 0.25) is 0 Å². The minimum Gasteiger partial charge on any atom is -0.384 e. The van der Waals surface area contributed by atoms with Gasteiger partial charge < -0.3 is 16.8 Å². The molecule has 6 nitrogen and oxygen atoms in total. The van der Waals surface area contributed by atoms with E-state index >= 15 is 0 Å². The van der Waals surface area contributed by atoms with Crippen molar-refractivity contribution in [2.75, 3.05) is 11.1 Å². The van der Waals surface area contributed by atoms with Gasteiger partial charge in [-0.3, -0.25) is 9.48 Å². The minimum absolute atomic E-state index is 0.450. The first kappa shape index (κ1) is 13.4. The monoisotopic (exact) mass is 323 g/mol. The fourth-order valence-corrected chi connectivity index (χ4v) is 2.23. The summed E-state index contributed by atoms with van der Waals surface area (Å²) in [5.41, 5.74) is 13.3. The molecule has 0 saturated carbocycles. The van der Waals surface area contributed by atoms with E-state index in [4.69, 9.17) is 11.5 Å². The first-order chi connectivity index (χ1) is 8.99. The molecule has 5 N–H and O–H groups in total. The molecular formula is C12H14BrN5O. The molecule has 0 atom stereocenters. The van der Waals surface area contributed by atoms with E-state index in [1.165, 1.54) is 0 Å². The number of nitrogens with one attached hydrogen (secondary N) is 1. The van der Waals surface area contributed by atoms with E-state index in [0.717, 1.165) is 11.3 Å². The number of carbonyl (C=O) groups excluding carboxylic acids is 1. The van der Waals surface area contributed by atoms with Crippen LogP contribution >= 0.6 is 15.9 Å². The van der Waals surface area contributed by atoms with Crippen molar-refractivity contribution in [1.82, 2.24) is 9.78 Å². The average Bonchev–Trinajstić information content (AvgIpc) is 2.67. The minimum atomic E-state index is -0.463. The van der Waals surface area contributed by atoms with E-state index in [1.54, 1.807) is 36.1 Å². The van der Waals surface area contributed by atoms with Gasteiger partial charge in [0, 0.05) is 29.3 Å². The Morgan fingerprint density at radius 2 is 2.26 bits per heavy atom. The summed E-state index contributed by atoms with van der Waals surface area (Å²) in [5.74, 6) is 0.162. The summed E-state index contributed by atoms with van der Waals surface area (Å²) in [4.78, 5) is 11.1. The number of hydrogen-bond acceptors (Lipinski definition) is 4. The molecular weight excluding hydrogens is 310 g/mol. The highest BCUT2D eigenvalue weighted by molar-refractivity contribution is 9.10. The molecule has 100 valence electrons. The second-order valence-corrected chi connectivity index (χ2v) is 4.95.